The first-order valence-corrected chi connectivity index (χ1v) is 9.93. The third-order valence-corrected chi connectivity index (χ3v) is 5.38. The van der Waals surface area contributed by atoms with Crippen LogP contribution in [0.3, 0.4) is 0 Å². The van der Waals surface area contributed by atoms with Crippen LogP contribution in [-0.4, -0.2) is 24.1 Å². The molecule has 1 saturated carbocycles. The lowest BCUT2D eigenvalue weighted by atomic mass is 9.78. The van der Waals surface area contributed by atoms with Crippen molar-refractivity contribution in [2.24, 2.45) is 11.8 Å². The van der Waals surface area contributed by atoms with E-state index in [-0.39, 0.29) is 12.5 Å². The fourth-order valence-corrected chi connectivity index (χ4v) is 3.81. The topological polar surface area (TPSA) is 84.9 Å². The minimum atomic E-state index is -0.891. The lowest BCUT2D eigenvalue weighted by Gasteiger charge is -2.27. The van der Waals surface area contributed by atoms with Gasteiger partial charge in [0.1, 0.15) is 6.61 Å². The van der Waals surface area contributed by atoms with Gasteiger partial charge in [-0.25, -0.2) is 0 Å². The summed E-state index contributed by atoms with van der Waals surface area (Å²) in [5.41, 5.74) is 1.82. The van der Waals surface area contributed by atoms with Crippen LogP contribution < -0.4 is 14.8 Å². The number of para-hydroxylation sites is 1. The van der Waals surface area contributed by atoms with Crippen molar-refractivity contribution in [3.63, 3.8) is 0 Å². The largest absolute Gasteiger partial charge is 0.493 e. The first-order valence-electron chi connectivity index (χ1n) is 9.93. The summed E-state index contributed by atoms with van der Waals surface area (Å²) in [6, 6.07) is 15.3. The fourth-order valence-electron chi connectivity index (χ4n) is 3.81. The number of carbonyl (C=O) groups is 2. The van der Waals surface area contributed by atoms with Gasteiger partial charge in [-0.05, 0) is 24.5 Å². The number of rotatable bonds is 8. The van der Waals surface area contributed by atoms with Gasteiger partial charge in [-0.2, -0.15) is 0 Å². The first-order chi connectivity index (χ1) is 14.1. The Kier molecular flexibility index (Phi) is 7.11. The highest BCUT2D eigenvalue weighted by Gasteiger charge is 2.35. The molecule has 2 unspecified atom stereocenters. The molecule has 6 nitrogen and oxygen atoms in total. The molecule has 2 aromatic rings. The molecule has 1 amide bonds. The Morgan fingerprint density at radius 3 is 2.45 bits per heavy atom. The highest BCUT2D eigenvalue weighted by atomic mass is 16.5. The van der Waals surface area contributed by atoms with E-state index in [0.29, 0.717) is 30.9 Å². The SMILES string of the molecule is COc1cccc(CNC(=O)C2CCCCC2C(=O)O)c1OCc1ccccc1. The minimum absolute atomic E-state index is 0.214. The molecular formula is C23H27NO5. The normalized spacial score (nSPS) is 18.7. The van der Waals surface area contributed by atoms with E-state index in [1.807, 2.05) is 48.5 Å². The summed E-state index contributed by atoms with van der Waals surface area (Å²) in [5, 5.41) is 12.3. The standard InChI is InChI=1S/C23H27NO5/c1-28-20-13-7-10-17(21(20)29-15-16-8-3-2-4-9-16)14-24-22(25)18-11-5-6-12-19(18)23(26)27/h2-4,7-10,13,18-19H,5-6,11-12,14-15H2,1H3,(H,24,25)(H,26,27). The maximum Gasteiger partial charge on any atom is 0.307 e. The van der Waals surface area contributed by atoms with Crippen LogP contribution in [0.5, 0.6) is 11.5 Å². The molecular weight excluding hydrogens is 370 g/mol. The van der Waals surface area contributed by atoms with Gasteiger partial charge in [0.05, 0.1) is 18.9 Å². The Balaban J connectivity index is 1.69. The quantitative estimate of drug-likeness (QED) is 0.708. The van der Waals surface area contributed by atoms with Crippen LogP contribution >= 0.6 is 0 Å². The van der Waals surface area contributed by atoms with E-state index in [1.165, 1.54) is 0 Å². The zero-order valence-corrected chi connectivity index (χ0v) is 16.6. The van der Waals surface area contributed by atoms with Crippen LogP contribution in [-0.2, 0) is 22.7 Å². The maximum absolute atomic E-state index is 12.7. The fraction of sp³-hybridized carbons (Fsp3) is 0.391. The third-order valence-electron chi connectivity index (χ3n) is 5.38. The Morgan fingerprint density at radius 1 is 1.03 bits per heavy atom. The van der Waals surface area contributed by atoms with Crippen LogP contribution in [0.15, 0.2) is 48.5 Å². The second kappa shape index (κ2) is 9.96. The summed E-state index contributed by atoms with van der Waals surface area (Å²) in [7, 11) is 1.58. The number of aliphatic carboxylic acids is 1. The number of carboxylic acids is 1. The highest BCUT2D eigenvalue weighted by Crippen LogP contribution is 2.33. The first kappa shape index (κ1) is 20.7. The highest BCUT2D eigenvalue weighted by molar-refractivity contribution is 5.84. The van der Waals surface area contributed by atoms with E-state index in [2.05, 4.69) is 5.32 Å². The third kappa shape index (κ3) is 5.28. The molecule has 2 atom stereocenters. The second-order valence-corrected chi connectivity index (χ2v) is 7.28. The van der Waals surface area contributed by atoms with Gasteiger partial charge in [0.25, 0.3) is 0 Å². The summed E-state index contributed by atoms with van der Waals surface area (Å²) < 4.78 is 11.4. The van der Waals surface area contributed by atoms with E-state index in [4.69, 9.17) is 9.47 Å². The maximum atomic E-state index is 12.7. The van der Waals surface area contributed by atoms with Crippen LogP contribution in [0, 0.1) is 11.8 Å². The molecule has 0 radical (unpaired) electrons. The number of methoxy groups -OCH3 is 1. The summed E-state index contributed by atoms with van der Waals surface area (Å²) in [5.74, 6) is -1.03. The molecule has 1 aliphatic carbocycles. The van der Waals surface area contributed by atoms with E-state index in [1.54, 1.807) is 7.11 Å². The molecule has 3 rings (SSSR count). The van der Waals surface area contributed by atoms with Crippen molar-refractivity contribution >= 4 is 11.9 Å². The van der Waals surface area contributed by atoms with Gasteiger partial charge < -0.3 is 19.9 Å². The smallest absolute Gasteiger partial charge is 0.307 e. The van der Waals surface area contributed by atoms with Crippen LogP contribution in [0.25, 0.3) is 0 Å². The monoisotopic (exact) mass is 397 g/mol. The summed E-state index contributed by atoms with van der Waals surface area (Å²) in [6.45, 7) is 0.634. The molecule has 0 spiro atoms. The van der Waals surface area contributed by atoms with Crippen molar-refractivity contribution in [3.8, 4) is 11.5 Å². The number of hydrogen-bond donors (Lipinski definition) is 2. The minimum Gasteiger partial charge on any atom is -0.493 e. The molecule has 29 heavy (non-hydrogen) atoms. The van der Waals surface area contributed by atoms with Gasteiger partial charge in [0.2, 0.25) is 5.91 Å². The second-order valence-electron chi connectivity index (χ2n) is 7.28. The summed E-state index contributed by atoms with van der Waals surface area (Å²) in [4.78, 5) is 24.2. The molecule has 0 aliphatic heterocycles. The van der Waals surface area contributed by atoms with Gasteiger partial charge in [-0.15, -0.1) is 0 Å². The zero-order chi connectivity index (χ0) is 20.6. The molecule has 1 fully saturated rings. The van der Waals surface area contributed by atoms with Crippen molar-refractivity contribution in [3.05, 3.63) is 59.7 Å². The zero-order valence-electron chi connectivity index (χ0n) is 16.6. The molecule has 6 heteroatoms. The molecule has 154 valence electrons. The lowest BCUT2D eigenvalue weighted by molar-refractivity contribution is -0.148. The van der Waals surface area contributed by atoms with Gasteiger partial charge in [-0.3, -0.25) is 9.59 Å². The van der Waals surface area contributed by atoms with Crippen LogP contribution in [0.1, 0.15) is 36.8 Å². The Hall–Kier alpha value is -3.02. The van der Waals surface area contributed by atoms with Crippen molar-refractivity contribution in [2.45, 2.75) is 38.8 Å². The summed E-state index contributed by atoms with van der Waals surface area (Å²) in [6.07, 6.45) is 2.90. The molecule has 2 N–H and O–H groups in total. The number of hydrogen-bond acceptors (Lipinski definition) is 4. The van der Waals surface area contributed by atoms with Crippen molar-refractivity contribution in [1.82, 2.24) is 5.32 Å². The predicted octanol–water partition coefficient (Wildman–Crippen LogP) is 3.78. The number of ether oxygens (including phenoxy) is 2. The number of nitrogens with one attached hydrogen (secondary N) is 1. The lowest BCUT2D eigenvalue weighted by Crippen LogP contribution is -2.39. The Labute approximate surface area is 170 Å². The summed E-state index contributed by atoms with van der Waals surface area (Å²) >= 11 is 0. The van der Waals surface area contributed by atoms with E-state index >= 15 is 0 Å². The molecule has 0 heterocycles. The van der Waals surface area contributed by atoms with Gasteiger partial charge in [0.15, 0.2) is 11.5 Å². The van der Waals surface area contributed by atoms with E-state index in [9.17, 15) is 14.7 Å². The molecule has 1 aliphatic rings. The molecule has 0 aromatic heterocycles. The number of carboxylic acid groups (broad SMARTS) is 1. The average Bonchev–Trinajstić information content (AvgIpc) is 2.76. The molecule has 0 saturated heterocycles. The Morgan fingerprint density at radius 2 is 1.76 bits per heavy atom. The predicted molar refractivity (Wildman–Crippen MR) is 109 cm³/mol. The van der Waals surface area contributed by atoms with E-state index in [0.717, 1.165) is 24.0 Å². The van der Waals surface area contributed by atoms with Gasteiger partial charge in [0, 0.05) is 12.1 Å². The number of amides is 1. The Bertz CT molecular complexity index is 836. The van der Waals surface area contributed by atoms with Gasteiger partial charge in [-0.1, -0.05) is 55.3 Å². The van der Waals surface area contributed by atoms with Crippen molar-refractivity contribution in [2.75, 3.05) is 7.11 Å². The molecule has 2 aromatic carbocycles. The van der Waals surface area contributed by atoms with Crippen molar-refractivity contribution in [1.29, 1.82) is 0 Å². The molecule has 0 bridgehead atoms. The average molecular weight is 397 g/mol. The number of benzene rings is 2. The van der Waals surface area contributed by atoms with Crippen LogP contribution in [0.2, 0.25) is 0 Å². The van der Waals surface area contributed by atoms with E-state index < -0.39 is 17.8 Å². The van der Waals surface area contributed by atoms with Gasteiger partial charge >= 0.3 is 5.97 Å². The van der Waals surface area contributed by atoms with Crippen molar-refractivity contribution < 1.29 is 24.2 Å². The number of carbonyl (C=O) groups excluding carboxylic acids is 1. The van der Waals surface area contributed by atoms with Crippen LogP contribution in [0.4, 0.5) is 0 Å².